The first kappa shape index (κ1) is 10.4. The van der Waals surface area contributed by atoms with Crippen LogP contribution in [0.3, 0.4) is 0 Å². The summed E-state index contributed by atoms with van der Waals surface area (Å²) in [5, 5.41) is 3.21. The van der Waals surface area contributed by atoms with E-state index in [0.717, 1.165) is 25.8 Å². The van der Waals surface area contributed by atoms with Crippen LogP contribution in [-0.4, -0.2) is 18.5 Å². The highest BCUT2D eigenvalue weighted by atomic mass is 15.2. The number of fused-ring (bicyclic) bond motifs is 1. The minimum Gasteiger partial charge on any atom is -0.370 e. The predicted octanol–water partition coefficient (Wildman–Crippen LogP) is 1.69. The summed E-state index contributed by atoms with van der Waals surface area (Å²) >= 11 is 0. The SMILES string of the molecule is NC1=NCC(CC2=Cc3ccccc3CC2)N1. The minimum absolute atomic E-state index is 0.395. The number of nitrogens with one attached hydrogen (secondary N) is 1. The maximum atomic E-state index is 5.63. The molecule has 0 saturated heterocycles. The minimum atomic E-state index is 0.395. The van der Waals surface area contributed by atoms with Crippen LogP contribution in [0.2, 0.25) is 0 Å². The summed E-state index contributed by atoms with van der Waals surface area (Å²) in [5.41, 5.74) is 9.97. The summed E-state index contributed by atoms with van der Waals surface area (Å²) in [6.45, 7) is 0.810. The van der Waals surface area contributed by atoms with Crippen molar-refractivity contribution in [1.29, 1.82) is 0 Å². The maximum Gasteiger partial charge on any atom is 0.188 e. The zero-order chi connectivity index (χ0) is 11.7. The number of hydrogen-bond acceptors (Lipinski definition) is 3. The van der Waals surface area contributed by atoms with E-state index >= 15 is 0 Å². The van der Waals surface area contributed by atoms with Crippen molar-refractivity contribution in [2.24, 2.45) is 10.7 Å². The zero-order valence-corrected chi connectivity index (χ0v) is 9.82. The predicted molar refractivity (Wildman–Crippen MR) is 70.8 cm³/mol. The van der Waals surface area contributed by atoms with E-state index in [2.05, 4.69) is 40.7 Å². The van der Waals surface area contributed by atoms with Crippen LogP contribution < -0.4 is 11.1 Å². The molecule has 1 atom stereocenters. The van der Waals surface area contributed by atoms with E-state index < -0.39 is 0 Å². The Hall–Kier alpha value is -1.77. The lowest BCUT2D eigenvalue weighted by Crippen LogP contribution is -2.35. The standard InChI is InChI=1S/C14H17N3/c15-14-16-9-13(17-14)8-10-5-6-11-3-1-2-4-12(11)7-10/h1-4,7,13H,5-6,8-9H2,(H3,15,16,17). The van der Waals surface area contributed by atoms with E-state index in [1.807, 2.05) is 0 Å². The van der Waals surface area contributed by atoms with Gasteiger partial charge in [-0.3, -0.25) is 4.99 Å². The Morgan fingerprint density at radius 3 is 3.00 bits per heavy atom. The molecule has 1 aromatic carbocycles. The first-order valence-corrected chi connectivity index (χ1v) is 6.15. The quantitative estimate of drug-likeness (QED) is 0.808. The Balaban J connectivity index is 1.72. The van der Waals surface area contributed by atoms with Crippen molar-refractivity contribution in [3.63, 3.8) is 0 Å². The van der Waals surface area contributed by atoms with E-state index in [1.54, 1.807) is 0 Å². The van der Waals surface area contributed by atoms with Crippen molar-refractivity contribution in [3.05, 3.63) is 41.0 Å². The van der Waals surface area contributed by atoms with Crippen molar-refractivity contribution < 1.29 is 0 Å². The fraction of sp³-hybridized carbons (Fsp3) is 0.357. The van der Waals surface area contributed by atoms with Gasteiger partial charge in [0.2, 0.25) is 0 Å². The van der Waals surface area contributed by atoms with Crippen LogP contribution in [0.4, 0.5) is 0 Å². The van der Waals surface area contributed by atoms with Crippen LogP contribution in [0.1, 0.15) is 24.0 Å². The number of benzene rings is 1. The molecular formula is C14H17N3. The third kappa shape index (κ3) is 2.18. The Kier molecular flexibility index (Phi) is 2.59. The number of nitrogens with two attached hydrogens (primary N) is 1. The summed E-state index contributed by atoms with van der Waals surface area (Å²) in [5.74, 6) is 0.590. The average Bonchev–Trinajstić information content (AvgIpc) is 2.75. The molecule has 3 heteroatoms. The molecular weight excluding hydrogens is 210 g/mol. The summed E-state index contributed by atoms with van der Waals surface area (Å²) in [4.78, 5) is 4.18. The van der Waals surface area contributed by atoms with E-state index in [1.165, 1.54) is 16.7 Å². The van der Waals surface area contributed by atoms with E-state index in [4.69, 9.17) is 5.73 Å². The number of hydrogen-bond donors (Lipinski definition) is 2. The lowest BCUT2D eigenvalue weighted by atomic mass is 9.89. The molecule has 1 unspecified atom stereocenters. The summed E-state index contributed by atoms with van der Waals surface area (Å²) in [6, 6.07) is 9.03. The van der Waals surface area contributed by atoms with Crippen molar-refractivity contribution in [3.8, 4) is 0 Å². The maximum absolute atomic E-state index is 5.63. The summed E-state index contributed by atoms with van der Waals surface area (Å²) in [6.07, 6.45) is 5.70. The van der Waals surface area contributed by atoms with Crippen LogP contribution in [0.25, 0.3) is 6.08 Å². The molecule has 0 fully saturated rings. The number of guanidine groups is 1. The fourth-order valence-corrected chi connectivity index (χ4v) is 2.59. The molecule has 0 bridgehead atoms. The molecule has 2 aliphatic rings. The van der Waals surface area contributed by atoms with Crippen molar-refractivity contribution in [1.82, 2.24) is 5.32 Å². The Morgan fingerprint density at radius 2 is 2.18 bits per heavy atom. The molecule has 17 heavy (non-hydrogen) atoms. The largest absolute Gasteiger partial charge is 0.370 e. The lowest BCUT2D eigenvalue weighted by molar-refractivity contribution is 0.633. The van der Waals surface area contributed by atoms with Gasteiger partial charge >= 0.3 is 0 Å². The Morgan fingerprint density at radius 1 is 1.29 bits per heavy atom. The van der Waals surface area contributed by atoms with E-state index in [0.29, 0.717) is 12.0 Å². The second-order valence-electron chi connectivity index (χ2n) is 4.77. The molecule has 3 nitrogen and oxygen atoms in total. The van der Waals surface area contributed by atoms with Crippen LogP contribution in [0.5, 0.6) is 0 Å². The molecule has 1 heterocycles. The molecule has 0 aromatic heterocycles. The highest BCUT2D eigenvalue weighted by Crippen LogP contribution is 2.26. The first-order chi connectivity index (χ1) is 8.31. The van der Waals surface area contributed by atoms with Crippen molar-refractivity contribution >= 4 is 12.0 Å². The molecule has 0 radical (unpaired) electrons. The second kappa shape index (κ2) is 4.24. The average molecular weight is 227 g/mol. The topological polar surface area (TPSA) is 50.4 Å². The van der Waals surface area contributed by atoms with Crippen LogP contribution in [-0.2, 0) is 6.42 Å². The molecule has 1 aliphatic carbocycles. The first-order valence-electron chi connectivity index (χ1n) is 6.15. The van der Waals surface area contributed by atoms with Gasteiger partial charge in [0.15, 0.2) is 5.96 Å². The Labute approximate surface area is 101 Å². The number of aliphatic imine (C=N–C) groups is 1. The smallest absolute Gasteiger partial charge is 0.188 e. The van der Waals surface area contributed by atoms with Gasteiger partial charge in [0, 0.05) is 0 Å². The molecule has 0 spiro atoms. The van der Waals surface area contributed by atoms with Crippen molar-refractivity contribution in [2.45, 2.75) is 25.3 Å². The van der Waals surface area contributed by atoms with Gasteiger partial charge in [-0.25, -0.2) is 0 Å². The molecule has 0 saturated carbocycles. The van der Waals surface area contributed by atoms with Crippen LogP contribution >= 0.6 is 0 Å². The third-order valence-electron chi connectivity index (χ3n) is 3.47. The van der Waals surface area contributed by atoms with E-state index in [9.17, 15) is 0 Å². The number of rotatable bonds is 2. The second-order valence-corrected chi connectivity index (χ2v) is 4.77. The lowest BCUT2D eigenvalue weighted by Gasteiger charge is -2.19. The van der Waals surface area contributed by atoms with Gasteiger partial charge in [0.25, 0.3) is 0 Å². The molecule has 3 N–H and O–H groups in total. The molecule has 1 aromatic rings. The number of aryl methyl sites for hydroxylation is 1. The van der Waals surface area contributed by atoms with E-state index in [-0.39, 0.29) is 0 Å². The van der Waals surface area contributed by atoms with Crippen molar-refractivity contribution in [2.75, 3.05) is 6.54 Å². The summed E-state index contributed by atoms with van der Waals surface area (Å²) < 4.78 is 0. The highest BCUT2D eigenvalue weighted by Gasteiger charge is 2.18. The molecule has 88 valence electrons. The summed E-state index contributed by atoms with van der Waals surface area (Å²) in [7, 11) is 0. The zero-order valence-electron chi connectivity index (χ0n) is 9.82. The normalized spacial score (nSPS) is 22.5. The molecule has 3 rings (SSSR count). The van der Waals surface area contributed by atoms with Gasteiger partial charge in [-0.15, -0.1) is 0 Å². The van der Waals surface area contributed by atoms with Gasteiger partial charge < -0.3 is 11.1 Å². The fourth-order valence-electron chi connectivity index (χ4n) is 2.59. The van der Waals surface area contributed by atoms with Gasteiger partial charge in [-0.05, 0) is 30.4 Å². The van der Waals surface area contributed by atoms with Gasteiger partial charge in [0.05, 0.1) is 12.6 Å². The van der Waals surface area contributed by atoms with Gasteiger partial charge in [0.1, 0.15) is 0 Å². The highest BCUT2D eigenvalue weighted by molar-refractivity contribution is 5.80. The van der Waals surface area contributed by atoms with Gasteiger partial charge in [-0.2, -0.15) is 0 Å². The Bertz CT molecular complexity index is 488. The number of nitrogens with zero attached hydrogens (tertiary/aromatic N) is 1. The van der Waals surface area contributed by atoms with Crippen LogP contribution in [0, 0.1) is 0 Å². The molecule has 1 aliphatic heterocycles. The third-order valence-corrected chi connectivity index (χ3v) is 3.47. The van der Waals surface area contributed by atoms with Crippen LogP contribution in [0.15, 0.2) is 34.8 Å². The monoisotopic (exact) mass is 227 g/mol. The molecule has 0 amide bonds. The van der Waals surface area contributed by atoms with Gasteiger partial charge in [-0.1, -0.05) is 35.9 Å².